The van der Waals surface area contributed by atoms with E-state index in [0.717, 1.165) is 19.4 Å². The number of nitrogens with two attached hydrogens (primary N) is 1. The average Bonchev–Trinajstić information content (AvgIpc) is 2.87. The number of anilines is 1. The number of benzene rings is 1. The number of hydrogen-bond donors (Lipinski definition) is 1. The lowest BCUT2D eigenvalue weighted by molar-refractivity contribution is 0.358. The molecule has 0 saturated carbocycles. The van der Waals surface area contributed by atoms with Crippen molar-refractivity contribution in [1.29, 1.82) is 0 Å². The molecule has 0 amide bonds. The molecule has 1 aliphatic heterocycles. The van der Waals surface area contributed by atoms with Gasteiger partial charge in [-0.05, 0) is 45.2 Å². The lowest BCUT2D eigenvalue weighted by Crippen LogP contribution is -2.31. The summed E-state index contributed by atoms with van der Waals surface area (Å²) in [6.07, 6.45) is 2.29. The third kappa shape index (κ3) is 3.42. The molecular weight excluding hydrogens is 300 g/mol. The summed E-state index contributed by atoms with van der Waals surface area (Å²) in [4.78, 5) is 6.73. The number of nitrogens with zero attached hydrogens (tertiary/aromatic N) is 3. The highest BCUT2D eigenvalue weighted by Gasteiger charge is 2.23. The fraction of sp³-hybridized carbons (Fsp3) is 0.500. The monoisotopic (exact) mass is 322 g/mol. The molecule has 0 aliphatic carbocycles. The lowest BCUT2D eigenvalue weighted by Gasteiger charge is -2.30. The summed E-state index contributed by atoms with van der Waals surface area (Å²) in [7, 11) is 0. The fourth-order valence-electron chi connectivity index (χ4n) is 2.71. The summed E-state index contributed by atoms with van der Waals surface area (Å²) in [6.45, 7) is 7.53. The van der Waals surface area contributed by atoms with Gasteiger partial charge in [0.2, 0.25) is 5.89 Å². The van der Waals surface area contributed by atoms with Crippen molar-refractivity contribution in [2.75, 3.05) is 11.4 Å². The van der Waals surface area contributed by atoms with Crippen LogP contribution in [0.25, 0.3) is 0 Å². The summed E-state index contributed by atoms with van der Waals surface area (Å²) in [5.74, 6) is 1.18. The minimum atomic E-state index is -0.571. The highest BCUT2D eigenvalue weighted by atomic mass is 35.5. The first-order valence-electron chi connectivity index (χ1n) is 7.40. The molecule has 120 valence electrons. The quantitative estimate of drug-likeness (QED) is 0.941. The Labute approximate surface area is 137 Å². The average molecular weight is 323 g/mol. The van der Waals surface area contributed by atoms with Gasteiger partial charge in [0.25, 0.3) is 0 Å². The van der Waals surface area contributed by atoms with Gasteiger partial charge in [0.15, 0.2) is 5.82 Å². The Bertz CT molecular complexity index is 648. The summed E-state index contributed by atoms with van der Waals surface area (Å²) < 4.78 is 5.35. The molecule has 1 aromatic heterocycles. The first-order chi connectivity index (χ1) is 9.93. The van der Waals surface area contributed by atoms with E-state index in [1.807, 2.05) is 13.8 Å². The maximum absolute atomic E-state index is 6.00. The third-order valence-corrected chi connectivity index (χ3v) is 3.82. The lowest BCUT2D eigenvalue weighted by atomic mass is 9.99. The standard InChI is InChI=1S/C16H22N4O.ClH/c1-11-6-7-13-12(9-11)5-4-8-20(13)10-14-18-15(19-21-14)16(2,3)17;/h6-7,9H,4-5,8,10,17H2,1-3H3;1H. The van der Waals surface area contributed by atoms with Gasteiger partial charge in [-0.3, -0.25) is 0 Å². The van der Waals surface area contributed by atoms with Crippen LogP contribution in [0.3, 0.4) is 0 Å². The topological polar surface area (TPSA) is 68.2 Å². The molecule has 0 saturated heterocycles. The minimum absolute atomic E-state index is 0. The van der Waals surface area contributed by atoms with Crippen LogP contribution in [0.4, 0.5) is 5.69 Å². The van der Waals surface area contributed by atoms with Crippen molar-refractivity contribution in [3.05, 3.63) is 41.0 Å². The Morgan fingerprint density at radius 1 is 1.36 bits per heavy atom. The molecule has 2 N–H and O–H groups in total. The van der Waals surface area contributed by atoms with E-state index in [9.17, 15) is 0 Å². The first kappa shape index (κ1) is 16.8. The van der Waals surface area contributed by atoms with Gasteiger partial charge in [-0.1, -0.05) is 22.9 Å². The Morgan fingerprint density at radius 3 is 2.82 bits per heavy atom. The van der Waals surface area contributed by atoms with Crippen molar-refractivity contribution >= 4 is 18.1 Å². The highest BCUT2D eigenvalue weighted by molar-refractivity contribution is 5.85. The minimum Gasteiger partial charge on any atom is -0.362 e. The molecule has 3 rings (SSSR count). The van der Waals surface area contributed by atoms with Gasteiger partial charge in [0.1, 0.15) is 0 Å². The molecule has 2 heterocycles. The largest absolute Gasteiger partial charge is 0.362 e. The van der Waals surface area contributed by atoms with Gasteiger partial charge in [-0.25, -0.2) is 0 Å². The van der Waals surface area contributed by atoms with Crippen molar-refractivity contribution < 1.29 is 4.52 Å². The van der Waals surface area contributed by atoms with E-state index in [-0.39, 0.29) is 12.4 Å². The van der Waals surface area contributed by atoms with Gasteiger partial charge >= 0.3 is 0 Å². The fourth-order valence-corrected chi connectivity index (χ4v) is 2.71. The van der Waals surface area contributed by atoms with Crippen LogP contribution in [0.5, 0.6) is 0 Å². The van der Waals surface area contributed by atoms with Crippen LogP contribution in [0.1, 0.15) is 43.1 Å². The van der Waals surface area contributed by atoms with E-state index in [1.54, 1.807) is 0 Å². The van der Waals surface area contributed by atoms with Crippen LogP contribution in [-0.4, -0.2) is 16.7 Å². The molecule has 6 heteroatoms. The SMILES string of the molecule is Cc1ccc2c(c1)CCCN2Cc1nc(C(C)(C)N)no1.Cl. The van der Waals surface area contributed by atoms with Crippen LogP contribution in [-0.2, 0) is 18.5 Å². The number of aromatic nitrogens is 2. The molecule has 1 aromatic carbocycles. The van der Waals surface area contributed by atoms with Crippen molar-refractivity contribution in [3.8, 4) is 0 Å². The molecule has 0 radical (unpaired) electrons. The second kappa shape index (κ2) is 6.26. The van der Waals surface area contributed by atoms with Gasteiger partial charge in [-0.15, -0.1) is 12.4 Å². The van der Waals surface area contributed by atoms with E-state index in [1.165, 1.54) is 16.8 Å². The van der Waals surface area contributed by atoms with Gasteiger partial charge in [-0.2, -0.15) is 4.98 Å². The number of aryl methyl sites for hydroxylation is 2. The smallest absolute Gasteiger partial charge is 0.246 e. The summed E-state index contributed by atoms with van der Waals surface area (Å²) >= 11 is 0. The normalized spacial score (nSPS) is 14.5. The molecule has 1 aliphatic rings. The number of halogens is 1. The maximum Gasteiger partial charge on any atom is 0.246 e. The number of hydrogen-bond acceptors (Lipinski definition) is 5. The molecule has 0 spiro atoms. The predicted molar refractivity (Wildman–Crippen MR) is 89.3 cm³/mol. The van der Waals surface area contributed by atoms with E-state index in [2.05, 4.69) is 40.2 Å². The molecule has 22 heavy (non-hydrogen) atoms. The van der Waals surface area contributed by atoms with Crippen LogP contribution >= 0.6 is 12.4 Å². The zero-order valence-electron chi connectivity index (χ0n) is 13.3. The van der Waals surface area contributed by atoms with Crippen molar-refractivity contribution in [2.24, 2.45) is 5.73 Å². The third-order valence-electron chi connectivity index (χ3n) is 3.82. The molecule has 0 unspecified atom stereocenters. The summed E-state index contributed by atoms with van der Waals surface area (Å²) in [5, 5.41) is 3.99. The second-order valence-electron chi connectivity index (χ2n) is 6.39. The molecule has 0 bridgehead atoms. The van der Waals surface area contributed by atoms with Crippen LogP contribution in [0.2, 0.25) is 0 Å². The molecule has 5 nitrogen and oxygen atoms in total. The zero-order chi connectivity index (χ0) is 15.0. The molecule has 2 aromatic rings. The molecule has 0 fully saturated rings. The molecular formula is C16H23ClN4O. The van der Waals surface area contributed by atoms with Crippen molar-refractivity contribution in [3.63, 3.8) is 0 Å². The van der Waals surface area contributed by atoms with E-state index in [4.69, 9.17) is 10.3 Å². The highest BCUT2D eigenvalue weighted by Crippen LogP contribution is 2.29. The van der Waals surface area contributed by atoms with Crippen molar-refractivity contribution in [1.82, 2.24) is 10.1 Å². The Hall–Kier alpha value is -1.59. The molecule has 0 atom stereocenters. The summed E-state index contributed by atoms with van der Waals surface area (Å²) in [5.41, 5.74) is 9.41. The Kier molecular flexibility index (Phi) is 4.78. The van der Waals surface area contributed by atoms with E-state index >= 15 is 0 Å². The van der Waals surface area contributed by atoms with Gasteiger partial charge in [0, 0.05) is 12.2 Å². The van der Waals surface area contributed by atoms with Crippen LogP contribution in [0.15, 0.2) is 22.7 Å². The van der Waals surface area contributed by atoms with E-state index < -0.39 is 5.54 Å². The van der Waals surface area contributed by atoms with Crippen LogP contribution < -0.4 is 10.6 Å². The van der Waals surface area contributed by atoms with E-state index in [0.29, 0.717) is 18.3 Å². The summed E-state index contributed by atoms with van der Waals surface area (Å²) in [6, 6.07) is 6.61. The van der Waals surface area contributed by atoms with Gasteiger partial charge in [0.05, 0.1) is 12.1 Å². The second-order valence-corrected chi connectivity index (χ2v) is 6.39. The number of fused-ring (bicyclic) bond motifs is 1. The Morgan fingerprint density at radius 2 is 2.14 bits per heavy atom. The Balaban J connectivity index is 0.00000176. The maximum atomic E-state index is 6.00. The van der Waals surface area contributed by atoms with Crippen LogP contribution in [0, 0.1) is 6.92 Å². The van der Waals surface area contributed by atoms with Gasteiger partial charge < -0.3 is 15.2 Å². The predicted octanol–water partition coefficient (Wildman–Crippen LogP) is 2.95. The zero-order valence-corrected chi connectivity index (χ0v) is 14.1. The van der Waals surface area contributed by atoms with Crippen molar-refractivity contribution in [2.45, 2.75) is 45.7 Å². The number of rotatable bonds is 3. The first-order valence-corrected chi connectivity index (χ1v) is 7.40.